The summed E-state index contributed by atoms with van der Waals surface area (Å²) in [4.78, 5) is 0. The predicted octanol–water partition coefficient (Wildman–Crippen LogP) is 1.56. The molecule has 0 amide bonds. The topological polar surface area (TPSA) is 40.5 Å². The zero-order valence-corrected chi connectivity index (χ0v) is 6.97. The van der Waals surface area contributed by atoms with Gasteiger partial charge in [-0.3, -0.25) is 0 Å². The van der Waals surface area contributed by atoms with Crippen molar-refractivity contribution >= 4 is 0 Å². The van der Waals surface area contributed by atoms with Crippen molar-refractivity contribution in [1.29, 1.82) is 1.43 Å². The molecule has 0 rings (SSSR count). The molecule has 0 radical (unpaired) electrons. The number of rotatable bonds is 6. The van der Waals surface area contributed by atoms with Crippen LogP contribution < -0.4 is 0 Å². The second kappa shape index (κ2) is 8.92. The average molecular weight is 151 g/mol. The van der Waals surface area contributed by atoms with E-state index in [9.17, 15) is 0 Å². The van der Waals surface area contributed by atoms with Gasteiger partial charge in [-0.15, -0.1) is 0 Å². The maximum absolute atomic E-state index is 9.03. The quantitative estimate of drug-likeness (QED) is 0.565. The van der Waals surface area contributed by atoms with Crippen LogP contribution in [0.5, 0.6) is 0 Å². The maximum atomic E-state index is 9.03. The predicted molar refractivity (Wildman–Crippen MR) is 44.0 cm³/mol. The summed E-state index contributed by atoms with van der Waals surface area (Å²) in [6.07, 6.45) is 3.65. The number of aliphatic hydroxyl groups excluding tert-OH is 2. The lowest BCUT2D eigenvalue weighted by atomic mass is 10.1. The zero-order valence-electron chi connectivity index (χ0n) is 8.97. The van der Waals surface area contributed by atoms with E-state index in [1.807, 2.05) is 0 Å². The first-order valence-corrected chi connectivity index (χ1v) is 3.57. The molecule has 10 heavy (non-hydrogen) atoms. The highest BCUT2D eigenvalue weighted by Gasteiger charge is 1.98. The highest BCUT2D eigenvalue weighted by atomic mass is 16.3. The second-order valence-corrected chi connectivity index (χ2v) is 2.32. The van der Waals surface area contributed by atoms with Crippen molar-refractivity contribution in [3.8, 4) is 0 Å². The normalized spacial score (nSPS) is 14.3. The lowest BCUT2D eigenvalue weighted by Crippen LogP contribution is -2.10. The van der Waals surface area contributed by atoms with Crippen molar-refractivity contribution < 1.29 is 11.6 Å². The molecule has 0 aromatic carbocycles. The molecule has 0 aliphatic heterocycles. The third-order valence-corrected chi connectivity index (χ3v) is 1.33. The fourth-order valence-electron chi connectivity index (χ4n) is 0.713. The SMILES string of the molecule is [2H]OC[C@@H](O)CCCCC.[3H]C. The Kier molecular flexibility index (Phi) is 7.15. The van der Waals surface area contributed by atoms with E-state index in [2.05, 4.69) is 12.0 Å². The van der Waals surface area contributed by atoms with Crippen molar-refractivity contribution in [2.24, 2.45) is 0 Å². The smallest absolute Gasteiger partial charge is 0.210 e. The zero-order chi connectivity index (χ0) is 9.82. The fourth-order valence-corrected chi connectivity index (χ4v) is 0.713. The average Bonchev–Trinajstić information content (AvgIpc) is 2.09. The van der Waals surface area contributed by atoms with Gasteiger partial charge in [-0.2, -0.15) is 0 Å². The number of unbranched alkanes of at least 4 members (excludes halogenated alkanes) is 2. The van der Waals surface area contributed by atoms with Crippen molar-refractivity contribution in [2.45, 2.75) is 46.1 Å². The highest BCUT2D eigenvalue weighted by molar-refractivity contribution is 4.51. The third kappa shape index (κ3) is 7.92. The van der Waals surface area contributed by atoms with Gasteiger partial charge in [0, 0.05) is 1.37 Å². The van der Waals surface area contributed by atoms with Crippen LogP contribution >= 0.6 is 0 Å². The number of hydrogen-bond donors (Lipinski definition) is 2. The second-order valence-electron chi connectivity index (χ2n) is 2.32. The Labute approximate surface area is 66.8 Å². The summed E-state index contributed by atoms with van der Waals surface area (Å²) in [5.41, 5.74) is 0. The molecule has 0 fully saturated rings. The summed E-state index contributed by atoms with van der Waals surface area (Å²) >= 11 is 0. The molecule has 0 bridgehead atoms. The van der Waals surface area contributed by atoms with Crippen molar-refractivity contribution in [1.82, 2.24) is 0 Å². The van der Waals surface area contributed by atoms with Crippen molar-refractivity contribution in [3.05, 3.63) is 0 Å². The molecule has 64 valence electrons. The summed E-state index contributed by atoms with van der Waals surface area (Å²) in [5.74, 6) is 0. The summed E-state index contributed by atoms with van der Waals surface area (Å²) < 4.78 is 12.1. The fraction of sp³-hybridized carbons (Fsp3) is 1.00. The lowest BCUT2D eigenvalue weighted by Gasteiger charge is -2.04. The monoisotopic (exact) mass is 151 g/mol. The molecule has 2 N–H and O–H groups in total. The van der Waals surface area contributed by atoms with Crippen LogP contribution in [0.15, 0.2) is 0 Å². The molecule has 2 heteroatoms. The van der Waals surface area contributed by atoms with E-state index in [0.29, 0.717) is 0 Å². The summed E-state index contributed by atoms with van der Waals surface area (Å²) in [6.45, 7) is 2.26. The molecular formula is C8H20O2. The lowest BCUT2D eigenvalue weighted by molar-refractivity contribution is 0.0861. The van der Waals surface area contributed by atoms with Gasteiger partial charge in [0.25, 0.3) is 0 Å². The van der Waals surface area contributed by atoms with E-state index in [1.54, 1.807) is 0 Å². The Morgan fingerprint density at radius 2 is 2.40 bits per heavy atom. The third-order valence-electron chi connectivity index (χ3n) is 1.33. The Bertz CT molecular complexity index is 72.1. The van der Waals surface area contributed by atoms with Crippen LogP contribution in [0.1, 0.15) is 41.4 Å². The van der Waals surface area contributed by atoms with Crippen LogP contribution in [0.25, 0.3) is 0 Å². The highest BCUT2D eigenvalue weighted by Crippen LogP contribution is 2.01. The minimum atomic E-state index is -0.441. The molecule has 0 aliphatic carbocycles. The first-order valence-electron chi connectivity index (χ1n) is 4.98. The first-order chi connectivity index (χ1) is 5.81. The van der Waals surface area contributed by atoms with Crippen LogP contribution in [-0.2, 0) is 0 Å². The Morgan fingerprint density at radius 3 is 2.90 bits per heavy atom. The Hall–Kier alpha value is -0.0800. The minimum absolute atomic E-state index is 0.143. The molecule has 0 aromatic rings. The summed E-state index contributed by atoms with van der Waals surface area (Å²) in [6, 6.07) is 0. The maximum Gasteiger partial charge on any atom is 0.210 e. The largest absolute Gasteiger partial charge is 0.394 e. The van der Waals surface area contributed by atoms with Gasteiger partial charge in [-0.25, -0.2) is 0 Å². The van der Waals surface area contributed by atoms with Crippen LogP contribution in [0, 0.1) is 0 Å². The van der Waals surface area contributed by atoms with Crippen LogP contribution in [-0.4, -0.2) is 24.4 Å². The molecule has 0 unspecified atom stereocenters. The molecule has 0 spiro atoms. The van der Waals surface area contributed by atoms with Gasteiger partial charge in [0.1, 0.15) is 0 Å². The Balaban J connectivity index is 0. The molecule has 0 aliphatic rings. The molecule has 1 atom stereocenters. The van der Waals surface area contributed by atoms with E-state index >= 15 is 0 Å². The number of hydrogen-bond acceptors (Lipinski definition) is 2. The van der Waals surface area contributed by atoms with Crippen LogP contribution in [0.4, 0.5) is 0 Å². The summed E-state index contributed by atoms with van der Waals surface area (Å²) in [5, 5.41) is 13.1. The van der Waals surface area contributed by atoms with Gasteiger partial charge >= 0.3 is 0 Å². The van der Waals surface area contributed by atoms with Gasteiger partial charge in [-0.05, 0) is 6.42 Å². The van der Waals surface area contributed by atoms with Gasteiger partial charge in [-0.1, -0.05) is 33.6 Å². The first kappa shape index (κ1) is 8.02. The van der Waals surface area contributed by atoms with Gasteiger partial charge < -0.3 is 10.2 Å². The molecule has 0 aromatic heterocycles. The van der Waals surface area contributed by atoms with Gasteiger partial charge in [0.2, 0.25) is 1.43 Å². The van der Waals surface area contributed by atoms with Gasteiger partial charge in [0.15, 0.2) is 0 Å². The molecule has 0 heterocycles. The molecule has 0 saturated carbocycles. The minimum Gasteiger partial charge on any atom is -0.394 e. The number of aliphatic hydroxyl groups is 2. The van der Waals surface area contributed by atoms with E-state index in [4.69, 9.17) is 7.91 Å². The molecule has 2 nitrogen and oxygen atoms in total. The molecule has 0 saturated heterocycles. The van der Waals surface area contributed by atoms with Crippen LogP contribution in [0.3, 0.4) is 0 Å². The standard InChI is InChI=1S/C7H16O2.CH4/c1-2-3-4-5-7(9)6-8;/h7-9H,2-6H2,1H3;1H4/t7-;/m0./s1/i8D;1T. The van der Waals surface area contributed by atoms with Crippen molar-refractivity contribution in [2.75, 3.05) is 6.61 Å². The summed E-state index contributed by atoms with van der Waals surface area (Å²) in [7, 11) is 1.25. The van der Waals surface area contributed by atoms with E-state index in [-0.39, 0.29) is 6.61 Å². The van der Waals surface area contributed by atoms with E-state index in [0.717, 1.165) is 25.7 Å². The Morgan fingerprint density at radius 1 is 1.70 bits per heavy atom. The van der Waals surface area contributed by atoms with E-state index < -0.39 is 6.10 Å². The molecular weight excluding hydrogens is 128 g/mol. The van der Waals surface area contributed by atoms with Crippen LogP contribution in [0.2, 0.25) is 0 Å². The van der Waals surface area contributed by atoms with E-state index in [1.165, 1.54) is 7.40 Å². The van der Waals surface area contributed by atoms with Gasteiger partial charge in [0.05, 0.1) is 12.7 Å². The van der Waals surface area contributed by atoms with Crippen molar-refractivity contribution in [3.63, 3.8) is 0 Å².